The lowest BCUT2D eigenvalue weighted by Gasteiger charge is -2.34. The van der Waals surface area contributed by atoms with Crippen LogP contribution in [0.3, 0.4) is 0 Å². The number of morpholine rings is 1. The highest BCUT2D eigenvalue weighted by molar-refractivity contribution is 4.80. The van der Waals surface area contributed by atoms with Crippen molar-refractivity contribution in [2.24, 2.45) is 5.73 Å². The van der Waals surface area contributed by atoms with Crippen molar-refractivity contribution in [2.45, 2.75) is 38.3 Å². The van der Waals surface area contributed by atoms with E-state index in [4.69, 9.17) is 15.6 Å². The molecule has 0 aromatic carbocycles. The first-order valence-electron chi connectivity index (χ1n) is 5.81. The second-order valence-electron chi connectivity index (χ2n) is 4.76. The van der Waals surface area contributed by atoms with Gasteiger partial charge in [-0.15, -0.1) is 0 Å². The number of hydrogen-bond acceptors (Lipinski definition) is 4. The van der Waals surface area contributed by atoms with Crippen molar-refractivity contribution in [3.05, 3.63) is 0 Å². The normalized spacial score (nSPS) is 27.6. The van der Waals surface area contributed by atoms with Gasteiger partial charge in [0.2, 0.25) is 0 Å². The van der Waals surface area contributed by atoms with Gasteiger partial charge in [0, 0.05) is 25.2 Å². The van der Waals surface area contributed by atoms with Crippen molar-refractivity contribution in [3.63, 3.8) is 0 Å². The molecule has 2 atom stereocenters. The van der Waals surface area contributed by atoms with Crippen LogP contribution in [-0.4, -0.2) is 54.5 Å². The summed E-state index contributed by atoms with van der Waals surface area (Å²) in [5, 5.41) is 9.05. The molecule has 15 heavy (non-hydrogen) atoms. The van der Waals surface area contributed by atoms with Crippen LogP contribution in [0.2, 0.25) is 0 Å². The van der Waals surface area contributed by atoms with E-state index in [0.717, 1.165) is 39.1 Å². The molecule has 0 radical (unpaired) electrons. The van der Waals surface area contributed by atoms with Gasteiger partial charge in [0.1, 0.15) is 0 Å². The minimum atomic E-state index is -0.444. The Balaban J connectivity index is 2.26. The first-order chi connectivity index (χ1) is 7.07. The number of nitrogens with zero attached hydrogens (tertiary/aromatic N) is 1. The first kappa shape index (κ1) is 12.9. The van der Waals surface area contributed by atoms with Gasteiger partial charge in [0.05, 0.1) is 19.3 Å². The van der Waals surface area contributed by atoms with Crippen molar-refractivity contribution in [3.8, 4) is 0 Å². The fourth-order valence-electron chi connectivity index (χ4n) is 1.72. The minimum Gasteiger partial charge on any atom is -0.394 e. The Kier molecular flexibility index (Phi) is 4.99. The van der Waals surface area contributed by atoms with Gasteiger partial charge in [-0.3, -0.25) is 4.90 Å². The summed E-state index contributed by atoms with van der Waals surface area (Å²) < 4.78 is 5.59. The van der Waals surface area contributed by atoms with Crippen molar-refractivity contribution >= 4 is 0 Å². The molecule has 1 fully saturated rings. The van der Waals surface area contributed by atoms with Crippen LogP contribution in [0.5, 0.6) is 0 Å². The number of rotatable bonds is 5. The van der Waals surface area contributed by atoms with E-state index in [-0.39, 0.29) is 6.61 Å². The second kappa shape index (κ2) is 5.80. The highest BCUT2D eigenvalue weighted by Gasteiger charge is 2.22. The fraction of sp³-hybridized carbons (Fsp3) is 1.00. The third-order valence-corrected chi connectivity index (χ3v) is 3.04. The van der Waals surface area contributed by atoms with E-state index in [1.54, 1.807) is 0 Å². The van der Waals surface area contributed by atoms with Gasteiger partial charge >= 0.3 is 0 Å². The highest BCUT2D eigenvalue weighted by Crippen LogP contribution is 2.11. The summed E-state index contributed by atoms with van der Waals surface area (Å²) >= 11 is 0. The van der Waals surface area contributed by atoms with E-state index in [1.165, 1.54) is 0 Å². The van der Waals surface area contributed by atoms with Crippen LogP contribution >= 0.6 is 0 Å². The Labute approximate surface area is 92.4 Å². The zero-order valence-electron chi connectivity index (χ0n) is 9.91. The second-order valence-corrected chi connectivity index (χ2v) is 4.76. The maximum Gasteiger partial charge on any atom is 0.0700 e. The molecule has 0 bridgehead atoms. The molecule has 0 saturated carbocycles. The SMILES string of the molecule is CCC1CN(CCC(C)(N)CO)CCO1. The molecule has 1 heterocycles. The van der Waals surface area contributed by atoms with Gasteiger partial charge in [0.25, 0.3) is 0 Å². The highest BCUT2D eigenvalue weighted by atomic mass is 16.5. The quantitative estimate of drug-likeness (QED) is 0.689. The van der Waals surface area contributed by atoms with Crippen LogP contribution in [-0.2, 0) is 4.74 Å². The van der Waals surface area contributed by atoms with Crippen molar-refractivity contribution in [1.29, 1.82) is 0 Å². The maximum absolute atomic E-state index is 9.05. The lowest BCUT2D eigenvalue weighted by molar-refractivity contribution is -0.0318. The summed E-state index contributed by atoms with van der Waals surface area (Å²) in [6, 6.07) is 0. The molecule has 0 aromatic heterocycles. The van der Waals surface area contributed by atoms with Gasteiger partial charge in [0.15, 0.2) is 0 Å². The number of aliphatic hydroxyl groups excluding tert-OH is 1. The third-order valence-electron chi connectivity index (χ3n) is 3.04. The molecule has 4 heteroatoms. The predicted molar refractivity (Wildman–Crippen MR) is 60.8 cm³/mol. The summed E-state index contributed by atoms with van der Waals surface area (Å²) in [5.74, 6) is 0. The van der Waals surface area contributed by atoms with E-state index in [1.807, 2.05) is 6.92 Å². The predicted octanol–water partition coefficient (Wildman–Crippen LogP) is 0.197. The standard InChI is InChI=1S/C11H24N2O2/c1-3-10-8-13(6-7-15-10)5-4-11(2,12)9-14/h10,14H,3-9,12H2,1-2H3. The minimum absolute atomic E-state index is 0.0501. The third kappa shape index (κ3) is 4.47. The maximum atomic E-state index is 9.05. The van der Waals surface area contributed by atoms with Crippen LogP contribution in [0, 0.1) is 0 Å². The van der Waals surface area contributed by atoms with E-state index < -0.39 is 5.54 Å². The summed E-state index contributed by atoms with van der Waals surface area (Å²) in [7, 11) is 0. The Morgan fingerprint density at radius 1 is 1.60 bits per heavy atom. The largest absolute Gasteiger partial charge is 0.394 e. The monoisotopic (exact) mass is 216 g/mol. The summed E-state index contributed by atoms with van der Waals surface area (Å²) in [6.07, 6.45) is 2.27. The number of aliphatic hydroxyl groups is 1. The summed E-state index contributed by atoms with van der Waals surface area (Å²) in [5.41, 5.74) is 5.45. The van der Waals surface area contributed by atoms with E-state index in [9.17, 15) is 0 Å². The number of hydrogen-bond donors (Lipinski definition) is 2. The number of nitrogens with two attached hydrogens (primary N) is 1. The molecule has 0 aromatic rings. The van der Waals surface area contributed by atoms with E-state index >= 15 is 0 Å². The molecule has 0 aliphatic carbocycles. The zero-order chi connectivity index (χ0) is 11.3. The van der Waals surface area contributed by atoms with Gasteiger partial charge in [-0.2, -0.15) is 0 Å². The molecule has 1 aliphatic heterocycles. The van der Waals surface area contributed by atoms with Gasteiger partial charge in [-0.05, 0) is 19.8 Å². The summed E-state index contributed by atoms with van der Waals surface area (Å²) in [6.45, 7) is 7.84. The molecule has 1 aliphatic rings. The van der Waals surface area contributed by atoms with Crippen molar-refractivity contribution in [1.82, 2.24) is 4.90 Å². The molecule has 1 rings (SSSR count). The Morgan fingerprint density at radius 2 is 2.33 bits per heavy atom. The van der Waals surface area contributed by atoms with E-state index in [0.29, 0.717) is 6.10 Å². The molecule has 1 saturated heterocycles. The Bertz CT molecular complexity index is 185. The molecular weight excluding hydrogens is 192 g/mol. The topological polar surface area (TPSA) is 58.7 Å². The first-order valence-corrected chi connectivity index (χ1v) is 5.81. The molecule has 0 amide bonds. The van der Waals surface area contributed by atoms with Crippen LogP contribution < -0.4 is 5.73 Å². The molecule has 3 N–H and O–H groups in total. The average molecular weight is 216 g/mol. The van der Waals surface area contributed by atoms with Crippen LogP contribution in [0.4, 0.5) is 0 Å². The van der Waals surface area contributed by atoms with Crippen molar-refractivity contribution in [2.75, 3.05) is 32.8 Å². The molecule has 0 spiro atoms. The molecule has 90 valence electrons. The lowest BCUT2D eigenvalue weighted by atomic mass is 10.0. The molecule has 2 unspecified atom stereocenters. The molecule has 4 nitrogen and oxygen atoms in total. The zero-order valence-corrected chi connectivity index (χ0v) is 9.91. The van der Waals surface area contributed by atoms with Crippen molar-refractivity contribution < 1.29 is 9.84 Å². The molecular formula is C11H24N2O2. The average Bonchev–Trinajstić information content (AvgIpc) is 2.27. The summed E-state index contributed by atoms with van der Waals surface area (Å²) in [4.78, 5) is 2.37. The van der Waals surface area contributed by atoms with Gasteiger partial charge < -0.3 is 15.6 Å². The fourth-order valence-corrected chi connectivity index (χ4v) is 1.72. The van der Waals surface area contributed by atoms with Crippen LogP contribution in [0.1, 0.15) is 26.7 Å². The number of ether oxygens (including phenoxy) is 1. The van der Waals surface area contributed by atoms with Gasteiger partial charge in [-0.1, -0.05) is 6.92 Å². The van der Waals surface area contributed by atoms with Crippen LogP contribution in [0.25, 0.3) is 0 Å². The van der Waals surface area contributed by atoms with Crippen LogP contribution in [0.15, 0.2) is 0 Å². The lowest BCUT2D eigenvalue weighted by Crippen LogP contribution is -2.47. The van der Waals surface area contributed by atoms with Gasteiger partial charge in [-0.25, -0.2) is 0 Å². The Morgan fingerprint density at radius 3 is 2.93 bits per heavy atom. The Hall–Kier alpha value is -0.160. The smallest absolute Gasteiger partial charge is 0.0700 e. The van der Waals surface area contributed by atoms with E-state index in [2.05, 4.69) is 11.8 Å².